The summed E-state index contributed by atoms with van der Waals surface area (Å²) < 4.78 is 38.8. The molecule has 0 aromatic heterocycles. The molecule has 4 heteroatoms. The van der Waals surface area contributed by atoms with Crippen molar-refractivity contribution in [3.8, 4) is 0 Å². The Morgan fingerprint density at radius 2 is 2.20 bits per heavy atom. The lowest BCUT2D eigenvalue weighted by Crippen LogP contribution is -1.91. The van der Waals surface area contributed by atoms with E-state index in [0.717, 1.165) is 0 Å². The Hall–Kier alpha value is -0.670. The first kappa shape index (κ1) is 9.33. The standard InChI is InChI=1S/C6H9F3O/c1-2-3-10-6(9)4-5(7)8/h4-5H,2-3H2,1H3/b6-4+. The van der Waals surface area contributed by atoms with Crippen LogP contribution < -0.4 is 0 Å². The Bertz CT molecular complexity index is 112. The molecule has 0 spiro atoms. The average Bonchev–Trinajstić information content (AvgIpc) is 1.82. The van der Waals surface area contributed by atoms with E-state index in [1.165, 1.54) is 0 Å². The van der Waals surface area contributed by atoms with Crippen LogP contribution >= 0.6 is 0 Å². The number of allylic oxidation sites excluding steroid dienone is 1. The smallest absolute Gasteiger partial charge is 0.274 e. The van der Waals surface area contributed by atoms with E-state index >= 15 is 0 Å². The zero-order valence-corrected chi connectivity index (χ0v) is 5.61. The molecule has 1 nitrogen and oxygen atoms in total. The molecule has 0 aromatic carbocycles. The fourth-order valence-electron chi connectivity index (χ4n) is 0.347. The molecule has 0 aromatic rings. The number of rotatable bonds is 4. The third kappa shape index (κ3) is 5.47. The summed E-state index contributed by atoms with van der Waals surface area (Å²) in [6.45, 7) is 1.89. The Morgan fingerprint density at radius 3 is 2.60 bits per heavy atom. The molecule has 0 aliphatic heterocycles. The van der Waals surface area contributed by atoms with Crippen LogP contribution in [0.2, 0.25) is 0 Å². The SMILES string of the molecule is CCCO/C(F)=C/C(F)F. The molecular formula is C6H9F3O. The minimum atomic E-state index is -2.78. The van der Waals surface area contributed by atoms with Crippen LogP contribution in [0, 0.1) is 0 Å². The molecule has 10 heavy (non-hydrogen) atoms. The molecule has 0 heterocycles. The lowest BCUT2D eigenvalue weighted by atomic mass is 10.5. The van der Waals surface area contributed by atoms with Crippen LogP contribution in [0.25, 0.3) is 0 Å². The van der Waals surface area contributed by atoms with E-state index in [0.29, 0.717) is 6.42 Å². The summed E-state index contributed by atoms with van der Waals surface area (Å²) in [4.78, 5) is 0. The van der Waals surface area contributed by atoms with Crippen LogP contribution in [0.1, 0.15) is 13.3 Å². The van der Waals surface area contributed by atoms with Gasteiger partial charge in [0.1, 0.15) is 0 Å². The summed E-state index contributed by atoms with van der Waals surface area (Å²) >= 11 is 0. The molecule has 0 saturated heterocycles. The second kappa shape index (κ2) is 5.14. The molecule has 0 fully saturated rings. The fourth-order valence-corrected chi connectivity index (χ4v) is 0.347. The highest BCUT2D eigenvalue weighted by Gasteiger charge is 2.01. The molecule has 0 aliphatic rings. The van der Waals surface area contributed by atoms with Gasteiger partial charge in [-0.1, -0.05) is 6.92 Å². The molecule has 0 saturated carbocycles. The molecule has 0 bridgehead atoms. The molecule has 0 rings (SSSR count). The average molecular weight is 154 g/mol. The lowest BCUT2D eigenvalue weighted by molar-refractivity contribution is 0.128. The second-order valence-electron chi connectivity index (χ2n) is 1.65. The van der Waals surface area contributed by atoms with Crippen molar-refractivity contribution in [1.82, 2.24) is 0 Å². The normalized spacial score (nSPS) is 12.3. The summed E-state index contributed by atoms with van der Waals surface area (Å²) in [5.74, 6) is 0. The zero-order valence-electron chi connectivity index (χ0n) is 5.61. The zero-order chi connectivity index (χ0) is 7.98. The van der Waals surface area contributed by atoms with Crippen molar-refractivity contribution in [2.75, 3.05) is 6.61 Å². The highest BCUT2D eigenvalue weighted by Crippen LogP contribution is 2.04. The van der Waals surface area contributed by atoms with Gasteiger partial charge >= 0.3 is 0 Å². The van der Waals surface area contributed by atoms with Gasteiger partial charge in [0.05, 0.1) is 12.7 Å². The molecule has 0 amide bonds. The van der Waals surface area contributed by atoms with Gasteiger partial charge in [0.15, 0.2) is 0 Å². The van der Waals surface area contributed by atoms with Crippen LogP contribution in [0.5, 0.6) is 0 Å². The van der Waals surface area contributed by atoms with Crippen LogP contribution in [0.4, 0.5) is 13.2 Å². The van der Waals surface area contributed by atoms with E-state index in [1.54, 1.807) is 6.92 Å². The first-order valence-electron chi connectivity index (χ1n) is 2.95. The number of hydrogen-bond acceptors (Lipinski definition) is 1. The third-order valence-corrected chi connectivity index (χ3v) is 0.701. The summed E-state index contributed by atoms with van der Waals surface area (Å²) in [7, 11) is 0. The maximum absolute atomic E-state index is 12.0. The van der Waals surface area contributed by atoms with E-state index < -0.39 is 12.4 Å². The van der Waals surface area contributed by atoms with Crippen molar-refractivity contribution in [2.45, 2.75) is 19.8 Å². The van der Waals surface area contributed by atoms with Gasteiger partial charge in [-0.3, -0.25) is 0 Å². The summed E-state index contributed by atoms with van der Waals surface area (Å²) in [5, 5.41) is 0. The number of halogens is 3. The largest absolute Gasteiger partial charge is 0.471 e. The van der Waals surface area contributed by atoms with E-state index in [-0.39, 0.29) is 12.7 Å². The van der Waals surface area contributed by atoms with E-state index in [4.69, 9.17) is 0 Å². The van der Waals surface area contributed by atoms with Crippen molar-refractivity contribution in [3.63, 3.8) is 0 Å². The minimum absolute atomic E-state index is 0.134. The van der Waals surface area contributed by atoms with Crippen LogP contribution in [-0.4, -0.2) is 13.0 Å². The molecule has 0 N–H and O–H groups in total. The monoisotopic (exact) mass is 154 g/mol. The quantitative estimate of drug-likeness (QED) is 0.565. The summed E-state index contributed by atoms with van der Waals surface area (Å²) in [6, 6.07) is -1.20. The van der Waals surface area contributed by atoms with Gasteiger partial charge < -0.3 is 4.74 Å². The Labute approximate surface area is 57.5 Å². The number of ether oxygens (including phenoxy) is 1. The van der Waals surface area contributed by atoms with Crippen LogP contribution in [-0.2, 0) is 4.74 Å². The highest BCUT2D eigenvalue weighted by molar-refractivity contribution is 4.84. The van der Waals surface area contributed by atoms with Gasteiger partial charge in [0, 0.05) is 0 Å². The Balaban J connectivity index is 3.49. The summed E-state index contributed by atoms with van der Waals surface area (Å²) in [5.41, 5.74) is 0. The van der Waals surface area contributed by atoms with Crippen molar-refractivity contribution in [2.24, 2.45) is 0 Å². The van der Waals surface area contributed by atoms with Gasteiger partial charge in [-0.2, -0.15) is 4.39 Å². The predicted octanol–water partition coefficient (Wildman–Crippen LogP) is 2.49. The first-order valence-corrected chi connectivity index (χ1v) is 2.95. The Kier molecular flexibility index (Phi) is 4.80. The lowest BCUT2D eigenvalue weighted by Gasteiger charge is -1.98. The topological polar surface area (TPSA) is 9.23 Å². The minimum Gasteiger partial charge on any atom is -0.471 e. The molecule has 0 atom stereocenters. The van der Waals surface area contributed by atoms with E-state index in [9.17, 15) is 13.2 Å². The molecular weight excluding hydrogens is 145 g/mol. The van der Waals surface area contributed by atoms with Gasteiger partial charge in [-0.05, 0) is 6.42 Å². The van der Waals surface area contributed by atoms with Crippen molar-refractivity contribution in [1.29, 1.82) is 0 Å². The highest BCUT2D eigenvalue weighted by atomic mass is 19.3. The molecule has 0 radical (unpaired) electrons. The number of hydrogen-bond donors (Lipinski definition) is 0. The van der Waals surface area contributed by atoms with E-state index in [1.807, 2.05) is 0 Å². The Morgan fingerprint density at radius 1 is 1.60 bits per heavy atom. The predicted molar refractivity (Wildman–Crippen MR) is 31.4 cm³/mol. The van der Waals surface area contributed by atoms with Crippen LogP contribution in [0.3, 0.4) is 0 Å². The first-order chi connectivity index (χ1) is 4.66. The van der Waals surface area contributed by atoms with Gasteiger partial charge in [-0.25, -0.2) is 8.78 Å². The van der Waals surface area contributed by atoms with E-state index in [2.05, 4.69) is 4.74 Å². The number of alkyl halides is 2. The van der Waals surface area contributed by atoms with Crippen molar-refractivity contribution >= 4 is 0 Å². The molecule has 0 aliphatic carbocycles. The van der Waals surface area contributed by atoms with Gasteiger partial charge in [0.2, 0.25) is 0 Å². The maximum Gasteiger partial charge on any atom is 0.274 e. The fraction of sp³-hybridized carbons (Fsp3) is 0.667. The third-order valence-electron chi connectivity index (χ3n) is 0.701. The van der Waals surface area contributed by atoms with Gasteiger partial charge in [0.25, 0.3) is 12.4 Å². The second-order valence-corrected chi connectivity index (χ2v) is 1.65. The van der Waals surface area contributed by atoms with Crippen LogP contribution in [0.15, 0.2) is 12.1 Å². The molecule has 0 unspecified atom stereocenters. The van der Waals surface area contributed by atoms with Crippen molar-refractivity contribution in [3.05, 3.63) is 12.1 Å². The van der Waals surface area contributed by atoms with Gasteiger partial charge in [-0.15, -0.1) is 0 Å². The van der Waals surface area contributed by atoms with Crippen molar-refractivity contribution < 1.29 is 17.9 Å². The summed E-state index contributed by atoms with van der Waals surface area (Å²) in [6.07, 6.45) is -2.04. The maximum atomic E-state index is 12.0. The molecule has 60 valence electrons.